The molecule has 0 aliphatic carbocycles. The average Bonchev–Trinajstić information content (AvgIpc) is 3.08. The number of nitrogens with zero attached hydrogens (tertiary/aromatic N) is 4. The third-order valence-electron chi connectivity index (χ3n) is 3.71. The molecule has 0 aromatic carbocycles. The first kappa shape index (κ1) is 15.8. The van der Waals surface area contributed by atoms with E-state index in [4.69, 9.17) is 0 Å². The highest BCUT2D eigenvalue weighted by atomic mass is 15.3. The molecular formula is C16H27N5. The number of hydrogen-bond acceptors (Lipinski definition) is 3. The van der Waals surface area contributed by atoms with Gasteiger partial charge in [-0.15, -0.1) is 0 Å². The summed E-state index contributed by atoms with van der Waals surface area (Å²) in [5.74, 6) is 0. The van der Waals surface area contributed by atoms with Crippen LogP contribution in [0.25, 0.3) is 0 Å². The van der Waals surface area contributed by atoms with Crippen molar-refractivity contribution in [1.82, 2.24) is 24.9 Å². The molecule has 2 aromatic heterocycles. The molecule has 0 fully saturated rings. The molecule has 2 heterocycles. The Labute approximate surface area is 127 Å². The van der Waals surface area contributed by atoms with E-state index in [0.717, 1.165) is 31.6 Å². The van der Waals surface area contributed by atoms with Crippen molar-refractivity contribution < 1.29 is 0 Å². The summed E-state index contributed by atoms with van der Waals surface area (Å²) >= 11 is 0. The topological polar surface area (TPSA) is 47.7 Å². The quantitative estimate of drug-likeness (QED) is 0.812. The Balaban J connectivity index is 1.95. The van der Waals surface area contributed by atoms with Crippen molar-refractivity contribution in [3.05, 3.63) is 35.9 Å². The Morgan fingerprint density at radius 1 is 1.24 bits per heavy atom. The predicted octanol–water partition coefficient (Wildman–Crippen LogP) is 2.99. The van der Waals surface area contributed by atoms with E-state index in [1.807, 2.05) is 10.9 Å². The van der Waals surface area contributed by atoms with E-state index in [9.17, 15) is 0 Å². The summed E-state index contributed by atoms with van der Waals surface area (Å²) in [4.78, 5) is 0. The molecule has 21 heavy (non-hydrogen) atoms. The summed E-state index contributed by atoms with van der Waals surface area (Å²) in [5, 5.41) is 12.5. The van der Waals surface area contributed by atoms with Gasteiger partial charge in [0, 0.05) is 30.5 Å². The van der Waals surface area contributed by atoms with E-state index in [0.29, 0.717) is 12.1 Å². The fourth-order valence-electron chi connectivity index (χ4n) is 2.40. The van der Waals surface area contributed by atoms with Crippen LogP contribution < -0.4 is 5.32 Å². The van der Waals surface area contributed by atoms with Gasteiger partial charge in [0.1, 0.15) is 0 Å². The van der Waals surface area contributed by atoms with Crippen LogP contribution in [0.5, 0.6) is 0 Å². The van der Waals surface area contributed by atoms with E-state index < -0.39 is 0 Å². The largest absolute Gasteiger partial charge is 0.310 e. The average molecular weight is 289 g/mol. The fourth-order valence-corrected chi connectivity index (χ4v) is 2.40. The van der Waals surface area contributed by atoms with Crippen LogP contribution in [-0.4, -0.2) is 25.6 Å². The Morgan fingerprint density at radius 2 is 2.00 bits per heavy atom. The van der Waals surface area contributed by atoms with Gasteiger partial charge in [0.15, 0.2) is 0 Å². The second-order valence-electron chi connectivity index (χ2n) is 5.84. The number of rotatable bonds is 8. The van der Waals surface area contributed by atoms with Gasteiger partial charge >= 0.3 is 0 Å². The number of aromatic nitrogens is 4. The SMILES string of the molecule is CCC(CC)n1ccc(Cn2cc(CNC(C)C)cn2)n1. The summed E-state index contributed by atoms with van der Waals surface area (Å²) in [7, 11) is 0. The summed E-state index contributed by atoms with van der Waals surface area (Å²) in [6.45, 7) is 10.3. The lowest BCUT2D eigenvalue weighted by Gasteiger charge is -2.12. The van der Waals surface area contributed by atoms with E-state index in [-0.39, 0.29) is 0 Å². The molecule has 0 amide bonds. The van der Waals surface area contributed by atoms with Crippen molar-refractivity contribution in [2.45, 2.75) is 65.7 Å². The minimum atomic E-state index is 0.490. The molecule has 5 nitrogen and oxygen atoms in total. The maximum atomic E-state index is 4.67. The summed E-state index contributed by atoms with van der Waals surface area (Å²) < 4.78 is 4.04. The van der Waals surface area contributed by atoms with Gasteiger partial charge in [-0.05, 0) is 18.9 Å². The van der Waals surface area contributed by atoms with E-state index in [1.165, 1.54) is 5.56 Å². The minimum absolute atomic E-state index is 0.490. The van der Waals surface area contributed by atoms with Crippen molar-refractivity contribution in [1.29, 1.82) is 0 Å². The van der Waals surface area contributed by atoms with Gasteiger partial charge in [-0.3, -0.25) is 9.36 Å². The maximum Gasteiger partial charge on any atom is 0.0849 e. The molecule has 0 spiro atoms. The molecule has 0 atom stereocenters. The molecule has 2 aromatic rings. The molecule has 0 aliphatic heterocycles. The van der Waals surface area contributed by atoms with Gasteiger partial charge < -0.3 is 5.32 Å². The van der Waals surface area contributed by atoms with Crippen LogP contribution in [0.2, 0.25) is 0 Å². The zero-order valence-electron chi connectivity index (χ0n) is 13.6. The standard InChI is InChI=1S/C16H27N5/c1-5-16(6-2)21-8-7-15(19-21)12-20-11-14(10-18-20)9-17-13(3)4/h7-8,10-11,13,16-17H,5-6,9,12H2,1-4H3. The number of hydrogen-bond donors (Lipinski definition) is 1. The predicted molar refractivity (Wildman–Crippen MR) is 85.2 cm³/mol. The second kappa shape index (κ2) is 7.41. The highest BCUT2D eigenvalue weighted by Gasteiger charge is 2.08. The number of nitrogens with one attached hydrogen (secondary N) is 1. The van der Waals surface area contributed by atoms with E-state index >= 15 is 0 Å². The smallest absolute Gasteiger partial charge is 0.0849 e. The third-order valence-corrected chi connectivity index (χ3v) is 3.71. The summed E-state index contributed by atoms with van der Waals surface area (Å²) in [6.07, 6.45) is 8.32. The van der Waals surface area contributed by atoms with Crippen molar-refractivity contribution in [3.63, 3.8) is 0 Å². The molecule has 0 saturated carbocycles. The lowest BCUT2D eigenvalue weighted by atomic mass is 10.2. The maximum absolute atomic E-state index is 4.67. The van der Waals surface area contributed by atoms with E-state index in [2.05, 4.69) is 66.4 Å². The first-order valence-corrected chi connectivity index (χ1v) is 7.91. The molecule has 0 radical (unpaired) electrons. The molecule has 0 aliphatic rings. The Morgan fingerprint density at radius 3 is 2.67 bits per heavy atom. The first-order chi connectivity index (χ1) is 10.1. The molecule has 0 bridgehead atoms. The minimum Gasteiger partial charge on any atom is -0.310 e. The van der Waals surface area contributed by atoms with Crippen LogP contribution in [-0.2, 0) is 13.1 Å². The highest BCUT2D eigenvalue weighted by molar-refractivity contribution is 5.06. The fraction of sp³-hybridized carbons (Fsp3) is 0.625. The highest BCUT2D eigenvalue weighted by Crippen LogP contribution is 2.14. The molecule has 2 rings (SSSR count). The zero-order valence-corrected chi connectivity index (χ0v) is 13.6. The molecule has 1 N–H and O–H groups in total. The lowest BCUT2D eigenvalue weighted by Crippen LogP contribution is -2.21. The van der Waals surface area contributed by atoms with Crippen molar-refractivity contribution >= 4 is 0 Å². The molecular weight excluding hydrogens is 262 g/mol. The lowest BCUT2D eigenvalue weighted by molar-refractivity contribution is 0.424. The molecule has 116 valence electrons. The van der Waals surface area contributed by atoms with Gasteiger partial charge in [0.05, 0.1) is 24.5 Å². The normalized spacial score (nSPS) is 11.7. The Hall–Kier alpha value is -1.62. The molecule has 0 saturated heterocycles. The van der Waals surface area contributed by atoms with Gasteiger partial charge in [-0.25, -0.2) is 0 Å². The Kier molecular flexibility index (Phi) is 5.56. The third kappa shape index (κ3) is 4.43. The summed E-state index contributed by atoms with van der Waals surface area (Å²) in [5.41, 5.74) is 2.27. The van der Waals surface area contributed by atoms with Crippen LogP contribution in [0.4, 0.5) is 0 Å². The van der Waals surface area contributed by atoms with Gasteiger partial charge in [-0.1, -0.05) is 27.7 Å². The molecule has 5 heteroatoms. The van der Waals surface area contributed by atoms with Gasteiger partial charge in [-0.2, -0.15) is 10.2 Å². The van der Waals surface area contributed by atoms with Crippen LogP contribution in [0, 0.1) is 0 Å². The first-order valence-electron chi connectivity index (χ1n) is 7.91. The van der Waals surface area contributed by atoms with E-state index in [1.54, 1.807) is 0 Å². The van der Waals surface area contributed by atoms with Crippen LogP contribution in [0.15, 0.2) is 24.7 Å². The van der Waals surface area contributed by atoms with Crippen molar-refractivity contribution in [2.75, 3.05) is 0 Å². The summed E-state index contributed by atoms with van der Waals surface area (Å²) in [6, 6.07) is 3.08. The van der Waals surface area contributed by atoms with Crippen molar-refractivity contribution in [2.24, 2.45) is 0 Å². The van der Waals surface area contributed by atoms with Crippen LogP contribution >= 0.6 is 0 Å². The van der Waals surface area contributed by atoms with Gasteiger partial charge in [0.25, 0.3) is 0 Å². The monoisotopic (exact) mass is 289 g/mol. The zero-order chi connectivity index (χ0) is 15.2. The van der Waals surface area contributed by atoms with Crippen molar-refractivity contribution in [3.8, 4) is 0 Å². The second-order valence-corrected chi connectivity index (χ2v) is 5.84. The van der Waals surface area contributed by atoms with Crippen LogP contribution in [0.1, 0.15) is 57.8 Å². The Bertz CT molecular complexity index is 536. The van der Waals surface area contributed by atoms with Gasteiger partial charge in [0.2, 0.25) is 0 Å². The molecule has 0 unspecified atom stereocenters. The van der Waals surface area contributed by atoms with Crippen LogP contribution in [0.3, 0.4) is 0 Å².